The minimum Gasteiger partial charge on any atom is -0.493 e. The van der Waals surface area contributed by atoms with Crippen LogP contribution in [-0.2, 0) is 10.8 Å². The molecule has 0 aliphatic rings. The molecule has 0 aliphatic carbocycles. The highest BCUT2D eigenvalue weighted by Crippen LogP contribution is 2.38. The summed E-state index contributed by atoms with van der Waals surface area (Å²) in [5.74, 6) is 1.06. The van der Waals surface area contributed by atoms with Crippen LogP contribution in [0.3, 0.4) is 0 Å². The molecule has 1 aromatic rings. The summed E-state index contributed by atoms with van der Waals surface area (Å²) < 4.78 is 6.18. The van der Waals surface area contributed by atoms with Crippen molar-refractivity contribution in [2.45, 2.75) is 91.4 Å². The molecule has 1 rings (SSSR count). The molecule has 0 unspecified atom stereocenters. The van der Waals surface area contributed by atoms with Gasteiger partial charge in [0.25, 0.3) is 0 Å². The average Bonchev–Trinajstić information content (AvgIpc) is 2.60. The van der Waals surface area contributed by atoms with Crippen molar-refractivity contribution in [3.8, 4) is 5.75 Å². The van der Waals surface area contributed by atoms with Gasteiger partial charge in [0.2, 0.25) is 0 Å². The molecule has 2 heteroatoms. The summed E-state index contributed by atoms with van der Waals surface area (Å²) in [5, 5.41) is 0. The zero-order valence-electron chi connectivity index (χ0n) is 17.6. The van der Waals surface area contributed by atoms with Gasteiger partial charge in [-0.2, -0.15) is 0 Å². The van der Waals surface area contributed by atoms with E-state index < -0.39 is 0 Å². The minimum atomic E-state index is 0.126. The van der Waals surface area contributed by atoms with E-state index in [-0.39, 0.29) is 10.8 Å². The van der Waals surface area contributed by atoms with Crippen LogP contribution in [0.25, 0.3) is 0 Å². The standard InChI is InChI=1S/C23H39NO/c1-8-15-24-16-11-12-17-25-21-14-13-19(22(4,5)9-2)18-20(21)23(6,7)10-3/h13-15,18H,8-12,16-17H2,1-7H3. The Morgan fingerprint density at radius 3 is 2.24 bits per heavy atom. The van der Waals surface area contributed by atoms with Crippen LogP contribution in [-0.4, -0.2) is 19.4 Å². The maximum Gasteiger partial charge on any atom is 0.123 e. The second-order valence-corrected chi connectivity index (χ2v) is 8.24. The maximum atomic E-state index is 6.18. The third-order valence-electron chi connectivity index (χ3n) is 5.51. The first-order valence-corrected chi connectivity index (χ1v) is 10.0. The Morgan fingerprint density at radius 1 is 0.960 bits per heavy atom. The summed E-state index contributed by atoms with van der Waals surface area (Å²) in [7, 11) is 0. The summed E-state index contributed by atoms with van der Waals surface area (Å²) >= 11 is 0. The smallest absolute Gasteiger partial charge is 0.123 e. The van der Waals surface area contributed by atoms with Crippen molar-refractivity contribution in [2.75, 3.05) is 13.2 Å². The lowest BCUT2D eigenvalue weighted by molar-refractivity contribution is 0.297. The molecule has 0 saturated carbocycles. The van der Waals surface area contributed by atoms with E-state index in [1.54, 1.807) is 0 Å². The van der Waals surface area contributed by atoms with Crippen molar-refractivity contribution < 1.29 is 4.74 Å². The van der Waals surface area contributed by atoms with Gasteiger partial charge >= 0.3 is 0 Å². The van der Waals surface area contributed by atoms with Gasteiger partial charge in [-0.25, -0.2) is 0 Å². The van der Waals surface area contributed by atoms with E-state index in [0.29, 0.717) is 0 Å². The summed E-state index contributed by atoms with van der Waals surface area (Å²) in [4.78, 5) is 4.37. The van der Waals surface area contributed by atoms with Gasteiger partial charge in [0.1, 0.15) is 5.75 Å². The van der Waals surface area contributed by atoms with Crippen LogP contribution in [0.4, 0.5) is 0 Å². The van der Waals surface area contributed by atoms with E-state index >= 15 is 0 Å². The van der Waals surface area contributed by atoms with Crippen LogP contribution in [0.15, 0.2) is 23.2 Å². The number of aliphatic imine (C=N–C) groups is 1. The molecule has 0 radical (unpaired) electrons. The lowest BCUT2D eigenvalue weighted by Gasteiger charge is -2.30. The highest BCUT2D eigenvalue weighted by Gasteiger charge is 2.26. The SMILES string of the molecule is CCC=NCCCCOc1ccc(C(C)(C)CC)cc1C(C)(C)CC. The van der Waals surface area contributed by atoms with Crippen LogP contribution >= 0.6 is 0 Å². The Morgan fingerprint density at radius 2 is 1.64 bits per heavy atom. The molecule has 0 saturated heterocycles. The Kier molecular flexibility index (Phi) is 8.68. The largest absolute Gasteiger partial charge is 0.493 e. The number of hydrogen-bond donors (Lipinski definition) is 0. The minimum absolute atomic E-state index is 0.126. The predicted molar refractivity (Wildman–Crippen MR) is 111 cm³/mol. The van der Waals surface area contributed by atoms with E-state index in [0.717, 1.165) is 51.0 Å². The molecule has 1 aromatic carbocycles. The van der Waals surface area contributed by atoms with E-state index in [9.17, 15) is 0 Å². The second-order valence-electron chi connectivity index (χ2n) is 8.24. The lowest BCUT2D eigenvalue weighted by atomic mass is 9.76. The van der Waals surface area contributed by atoms with E-state index in [2.05, 4.69) is 71.7 Å². The van der Waals surface area contributed by atoms with Crippen LogP contribution in [0.2, 0.25) is 0 Å². The first-order valence-electron chi connectivity index (χ1n) is 10.0. The summed E-state index contributed by atoms with van der Waals surface area (Å²) in [6, 6.07) is 6.82. The molecule has 0 bridgehead atoms. The van der Waals surface area contributed by atoms with E-state index in [1.807, 2.05) is 6.21 Å². The molecule has 25 heavy (non-hydrogen) atoms. The van der Waals surface area contributed by atoms with Crippen molar-refractivity contribution in [1.29, 1.82) is 0 Å². The topological polar surface area (TPSA) is 21.6 Å². The molecule has 2 nitrogen and oxygen atoms in total. The number of benzene rings is 1. The molecular formula is C23H39NO. The Labute approximate surface area is 156 Å². The van der Waals surface area contributed by atoms with E-state index in [4.69, 9.17) is 4.74 Å². The Hall–Kier alpha value is -1.31. The number of hydrogen-bond acceptors (Lipinski definition) is 2. The van der Waals surface area contributed by atoms with Gasteiger partial charge < -0.3 is 4.74 Å². The summed E-state index contributed by atoms with van der Waals surface area (Å²) in [6.07, 6.45) is 7.39. The van der Waals surface area contributed by atoms with Gasteiger partial charge in [-0.1, -0.05) is 60.6 Å². The first kappa shape index (κ1) is 21.7. The van der Waals surface area contributed by atoms with Gasteiger partial charge in [0.15, 0.2) is 0 Å². The number of nitrogens with zero attached hydrogens (tertiary/aromatic N) is 1. The fourth-order valence-corrected chi connectivity index (χ4v) is 2.71. The molecule has 0 heterocycles. The molecule has 0 fully saturated rings. The first-order chi connectivity index (χ1) is 11.8. The lowest BCUT2D eigenvalue weighted by Crippen LogP contribution is -2.21. The number of unbranched alkanes of at least 4 members (excludes halogenated alkanes) is 1. The summed E-state index contributed by atoms with van der Waals surface area (Å²) in [6.45, 7) is 17.6. The number of ether oxygens (including phenoxy) is 1. The normalized spacial score (nSPS) is 12.8. The van der Waals surface area contributed by atoms with Crippen molar-refractivity contribution in [1.82, 2.24) is 0 Å². The fraction of sp³-hybridized carbons (Fsp3) is 0.696. The molecule has 0 atom stereocenters. The van der Waals surface area contributed by atoms with Gasteiger partial charge in [0, 0.05) is 12.1 Å². The van der Waals surface area contributed by atoms with Crippen LogP contribution < -0.4 is 4.74 Å². The molecule has 142 valence electrons. The van der Waals surface area contributed by atoms with Crippen molar-refractivity contribution in [2.24, 2.45) is 4.99 Å². The Bertz CT molecular complexity index is 543. The van der Waals surface area contributed by atoms with Crippen LogP contribution in [0.1, 0.15) is 91.7 Å². The van der Waals surface area contributed by atoms with Gasteiger partial charge in [-0.05, 0) is 60.8 Å². The van der Waals surface area contributed by atoms with Crippen molar-refractivity contribution >= 4 is 6.21 Å². The quantitative estimate of drug-likeness (QED) is 0.323. The van der Waals surface area contributed by atoms with Crippen LogP contribution in [0.5, 0.6) is 5.75 Å². The molecule has 0 spiro atoms. The monoisotopic (exact) mass is 345 g/mol. The van der Waals surface area contributed by atoms with Gasteiger partial charge in [0.05, 0.1) is 6.61 Å². The molecule has 0 amide bonds. The predicted octanol–water partition coefficient (Wildman–Crippen LogP) is 6.70. The van der Waals surface area contributed by atoms with E-state index in [1.165, 1.54) is 11.1 Å². The zero-order valence-corrected chi connectivity index (χ0v) is 17.6. The molecule has 0 N–H and O–H groups in total. The highest BCUT2D eigenvalue weighted by molar-refractivity contribution is 5.56. The van der Waals surface area contributed by atoms with Crippen molar-refractivity contribution in [3.63, 3.8) is 0 Å². The third kappa shape index (κ3) is 6.49. The second kappa shape index (κ2) is 9.99. The highest BCUT2D eigenvalue weighted by atomic mass is 16.5. The van der Waals surface area contributed by atoms with Crippen molar-refractivity contribution in [3.05, 3.63) is 29.3 Å². The van der Waals surface area contributed by atoms with Gasteiger partial charge in [-0.3, -0.25) is 4.99 Å². The summed E-state index contributed by atoms with van der Waals surface area (Å²) in [5.41, 5.74) is 3.08. The average molecular weight is 346 g/mol. The zero-order chi connectivity index (χ0) is 18.9. The maximum absolute atomic E-state index is 6.18. The molecule has 0 aromatic heterocycles. The molecular weight excluding hydrogens is 306 g/mol. The molecule has 0 aliphatic heterocycles. The van der Waals surface area contributed by atoms with Gasteiger partial charge in [-0.15, -0.1) is 0 Å². The fourth-order valence-electron chi connectivity index (χ4n) is 2.71. The Balaban J connectivity index is 2.86. The van der Waals surface area contributed by atoms with Crippen LogP contribution in [0, 0.1) is 0 Å². The number of rotatable bonds is 11. The third-order valence-corrected chi connectivity index (χ3v) is 5.51.